The highest BCUT2D eigenvalue weighted by Gasteiger charge is 2.08. The molecule has 5 N–H and O–H groups in total. The summed E-state index contributed by atoms with van der Waals surface area (Å²) in [7, 11) is 1.98. The van der Waals surface area contributed by atoms with Crippen molar-refractivity contribution >= 4 is 11.5 Å². The molecule has 0 aliphatic carbocycles. The Hall–Kier alpha value is -1.58. The molecular formula is C9H16N4. The van der Waals surface area contributed by atoms with Gasteiger partial charge in [0.2, 0.25) is 0 Å². The van der Waals surface area contributed by atoms with Crippen LogP contribution in [0.4, 0.5) is 5.82 Å². The van der Waals surface area contributed by atoms with Crippen molar-refractivity contribution in [2.45, 2.75) is 6.92 Å². The van der Waals surface area contributed by atoms with Gasteiger partial charge < -0.3 is 21.4 Å². The van der Waals surface area contributed by atoms with E-state index in [-0.39, 0.29) is 0 Å². The quantitative estimate of drug-likeness (QED) is 0.644. The van der Waals surface area contributed by atoms with E-state index in [1.54, 1.807) is 12.4 Å². The van der Waals surface area contributed by atoms with Crippen LogP contribution in [0.25, 0.3) is 5.70 Å². The molecule has 0 unspecified atom stereocenters. The summed E-state index contributed by atoms with van der Waals surface area (Å²) < 4.78 is 0. The van der Waals surface area contributed by atoms with E-state index < -0.39 is 0 Å². The zero-order valence-electron chi connectivity index (χ0n) is 8.04. The standard InChI is InChI=1S/C9H16N4/c1-3-13(2)8(6-10)7-4-5-12-9(7)11/h4-6,12H,3,10-11H2,1-2H3/b8-6+. The molecule has 13 heavy (non-hydrogen) atoms. The predicted molar refractivity (Wildman–Crippen MR) is 55.7 cm³/mol. The van der Waals surface area contributed by atoms with Gasteiger partial charge in [-0.05, 0) is 13.0 Å². The summed E-state index contributed by atoms with van der Waals surface area (Å²) >= 11 is 0. The zero-order chi connectivity index (χ0) is 9.84. The van der Waals surface area contributed by atoms with Gasteiger partial charge in [0.25, 0.3) is 0 Å². The summed E-state index contributed by atoms with van der Waals surface area (Å²) in [5, 5.41) is 0. The molecule has 4 heteroatoms. The van der Waals surface area contributed by atoms with Crippen molar-refractivity contribution in [1.29, 1.82) is 0 Å². The number of nitrogens with zero attached hydrogens (tertiary/aromatic N) is 1. The number of aromatic nitrogens is 1. The van der Waals surface area contributed by atoms with Crippen LogP contribution in [-0.2, 0) is 0 Å². The molecule has 0 radical (unpaired) electrons. The molecule has 1 heterocycles. The van der Waals surface area contributed by atoms with Crippen LogP contribution in [0.3, 0.4) is 0 Å². The number of nitrogen functional groups attached to an aromatic ring is 1. The first kappa shape index (κ1) is 9.51. The van der Waals surface area contributed by atoms with Crippen LogP contribution >= 0.6 is 0 Å². The SMILES string of the molecule is CCN(C)/C(=C/N)c1cc[nH]c1N. The van der Waals surface area contributed by atoms with Gasteiger partial charge in [-0.1, -0.05) is 0 Å². The second kappa shape index (κ2) is 3.89. The normalized spacial score (nSPS) is 11.7. The smallest absolute Gasteiger partial charge is 0.110 e. The van der Waals surface area contributed by atoms with Crippen molar-refractivity contribution < 1.29 is 0 Å². The number of hydrogen-bond donors (Lipinski definition) is 3. The number of nitrogens with two attached hydrogens (primary N) is 2. The summed E-state index contributed by atoms with van der Waals surface area (Å²) in [5.74, 6) is 0.650. The van der Waals surface area contributed by atoms with E-state index in [9.17, 15) is 0 Å². The first-order valence-corrected chi connectivity index (χ1v) is 4.27. The lowest BCUT2D eigenvalue weighted by Gasteiger charge is -2.19. The minimum Gasteiger partial charge on any atom is -0.403 e. The fourth-order valence-corrected chi connectivity index (χ4v) is 1.20. The topological polar surface area (TPSA) is 71.1 Å². The Bertz CT molecular complexity index is 300. The van der Waals surface area contributed by atoms with E-state index >= 15 is 0 Å². The van der Waals surface area contributed by atoms with E-state index in [0.29, 0.717) is 5.82 Å². The molecule has 1 rings (SSSR count). The lowest BCUT2D eigenvalue weighted by molar-refractivity contribution is 0.508. The third-order valence-corrected chi connectivity index (χ3v) is 2.10. The van der Waals surface area contributed by atoms with Crippen LogP contribution < -0.4 is 11.5 Å². The molecule has 0 atom stereocenters. The Labute approximate surface area is 78.2 Å². The van der Waals surface area contributed by atoms with Crippen LogP contribution in [0.15, 0.2) is 18.5 Å². The van der Waals surface area contributed by atoms with Gasteiger partial charge in [0.05, 0.1) is 5.70 Å². The van der Waals surface area contributed by atoms with E-state index in [2.05, 4.69) is 11.9 Å². The number of rotatable bonds is 3. The predicted octanol–water partition coefficient (Wildman–Crippen LogP) is 0.806. The minimum absolute atomic E-state index is 0.650. The van der Waals surface area contributed by atoms with Crippen molar-refractivity contribution in [3.8, 4) is 0 Å². The van der Waals surface area contributed by atoms with Crippen LogP contribution in [0.5, 0.6) is 0 Å². The van der Waals surface area contributed by atoms with Gasteiger partial charge in [-0.25, -0.2) is 0 Å². The third kappa shape index (κ3) is 1.77. The second-order valence-corrected chi connectivity index (χ2v) is 2.87. The number of anilines is 1. The molecule has 72 valence electrons. The molecule has 1 aromatic rings. The number of hydrogen-bond acceptors (Lipinski definition) is 3. The van der Waals surface area contributed by atoms with Gasteiger partial charge in [-0.15, -0.1) is 0 Å². The van der Waals surface area contributed by atoms with Crippen LogP contribution in [0, 0.1) is 0 Å². The van der Waals surface area contributed by atoms with Crippen molar-refractivity contribution in [1.82, 2.24) is 9.88 Å². The highest BCUT2D eigenvalue weighted by molar-refractivity contribution is 5.71. The molecule has 4 nitrogen and oxygen atoms in total. The van der Waals surface area contributed by atoms with Gasteiger partial charge in [0.15, 0.2) is 0 Å². The van der Waals surface area contributed by atoms with Crippen molar-refractivity contribution in [2.75, 3.05) is 19.3 Å². The van der Waals surface area contributed by atoms with E-state index in [4.69, 9.17) is 11.5 Å². The summed E-state index contributed by atoms with van der Waals surface area (Å²) in [6.07, 6.45) is 3.38. The Kier molecular flexibility index (Phi) is 2.84. The molecule has 0 bridgehead atoms. The Balaban J connectivity index is 2.99. The highest BCUT2D eigenvalue weighted by atomic mass is 15.1. The molecule has 0 aromatic carbocycles. The molecule has 0 fully saturated rings. The average molecular weight is 180 g/mol. The maximum Gasteiger partial charge on any atom is 0.110 e. The number of nitrogens with one attached hydrogen (secondary N) is 1. The van der Waals surface area contributed by atoms with E-state index in [0.717, 1.165) is 17.8 Å². The van der Waals surface area contributed by atoms with Gasteiger partial charge in [-0.3, -0.25) is 0 Å². The van der Waals surface area contributed by atoms with Crippen LogP contribution in [0.1, 0.15) is 12.5 Å². The van der Waals surface area contributed by atoms with Crippen molar-refractivity contribution in [2.24, 2.45) is 5.73 Å². The molecule has 0 spiro atoms. The summed E-state index contributed by atoms with van der Waals surface area (Å²) in [6.45, 7) is 2.96. The maximum absolute atomic E-state index is 5.73. The highest BCUT2D eigenvalue weighted by Crippen LogP contribution is 2.21. The summed E-state index contributed by atoms with van der Waals surface area (Å²) in [4.78, 5) is 4.96. The van der Waals surface area contributed by atoms with Gasteiger partial charge >= 0.3 is 0 Å². The summed E-state index contributed by atoms with van der Waals surface area (Å²) in [5.41, 5.74) is 13.2. The van der Waals surface area contributed by atoms with Crippen molar-refractivity contribution in [3.05, 3.63) is 24.0 Å². The molecule has 0 aliphatic heterocycles. The van der Waals surface area contributed by atoms with Gasteiger partial charge in [-0.2, -0.15) is 0 Å². The Morgan fingerprint density at radius 2 is 2.38 bits per heavy atom. The van der Waals surface area contributed by atoms with Gasteiger partial charge in [0.1, 0.15) is 5.82 Å². The largest absolute Gasteiger partial charge is 0.403 e. The first-order chi connectivity index (χ1) is 6.20. The fourth-order valence-electron chi connectivity index (χ4n) is 1.20. The maximum atomic E-state index is 5.73. The fraction of sp³-hybridized carbons (Fsp3) is 0.333. The average Bonchev–Trinajstić information content (AvgIpc) is 2.53. The van der Waals surface area contributed by atoms with Crippen LogP contribution in [-0.4, -0.2) is 23.5 Å². The lowest BCUT2D eigenvalue weighted by Crippen LogP contribution is -2.17. The zero-order valence-corrected chi connectivity index (χ0v) is 8.04. The molecule has 0 saturated heterocycles. The minimum atomic E-state index is 0.650. The Morgan fingerprint density at radius 3 is 2.77 bits per heavy atom. The van der Waals surface area contributed by atoms with E-state index in [1.165, 1.54) is 0 Å². The van der Waals surface area contributed by atoms with Crippen LogP contribution in [0.2, 0.25) is 0 Å². The van der Waals surface area contributed by atoms with Gasteiger partial charge in [0, 0.05) is 31.6 Å². The molecule has 0 saturated carbocycles. The summed E-state index contributed by atoms with van der Waals surface area (Å²) in [6, 6.07) is 1.92. The number of H-pyrrole nitrogens is 1. The molecular weight excluding hydrogens is 164 g/mol. The lowest BCUT2D eigenvalue weighted by atomic mass is 10.2. The van der Waals surface area contributed by atoms with Crippen molar-refractivity contribution in [3.63, 3.8) is 0 Å². The second-order valence-electron chi connectivity index (χ2n) is 2.87. The molecule has 0 aliphatic rings. The van der Waals surface area contributed by atoms with E-state index in [1.807, 2.05) is 18.0 Å². The molecule has 0 amide bonds. The monoisotopic (exact) mass is 180 g/mol. The third-order valence-electron chi connectivity index (χ3n) is 2.10. The first-order valence-electron chi connectivity index (χ1n) is 4.27. The Morgan fingerprint density at radius 1 is 1.69 bits per heavy atom. The molecule has 1 aromatic heterocycles. The number of aromatic amines is 1.